The first-order valence-electron chi connectivity index (χ1n) is 12.8. The summed E-state index contributed by atoms with van der Waals surface area (Å²) in [5.41, 5.74) is 4.55. The van der Waals surface area contributed by atoms with E-state index in [9.17, 15) is 4.79 Å². The van der Waals surface area contributed by atoms with E-state index in [2.05, 4.69) is 90.0 Å². The summed E-state index contributed by atoms with van der Waals surface area (Å²) >= 11 is -2.27. The average molecular weight is 768 g/mol. The maximum absolute atomic E-state index is 10.0. The number of hydrogen-bond donors (Lipinski definition) is 1. The number of aromatic nitrogens is 2. The molecule has 3 aromatic carbocycles. The first-order chi connectivity index (χ1) is 18.6. The number of pyridine rings is 2. The van der Waals surface area contributed by atoms with Crippen molar-refractivity contribution in [1.29, 1.82) is 0 Å². The molecule has 3 heterocycles. The molecule has 0 bridgehead atoms. The Labute approximate surface area is 250 Å². The van der Waals surface area contributed by atoms with Gasteiger partial charge in [-0.2, -0.15) is 0 Å². The smallest absolute Gasteiger partial charge is 0 e. The van der Waals surface area contributed by atoms with Crippen molar-refractivity contribution in [3.63, 3.8) is 0 Å². The van der Waals surface area contributed by atoms with E-state index >= 15 is 0 Å². The molecule has 0 aliphatic carbocycles. The SMILES string of the molecule is CC(=O)/C=C(/C)O.[CH2-][n+]1c(-c2[c-]ccc3c2oc2ncccc23)c[c]([Ge]([CH3])([CH3])[CH3])c2c3ccccc3ccc21.[Ir]. The first kappa shape index (κ1) is 29.5. The average Bonchev–Trinajstić information content (AvgIpc) is 3.27. The fourth-order valence-electron chi connectivity index (χ4n) is 5.04. The third-order valence-electron chi connectivity index (χ3n) is 6.72. The van der Waals surface area contributed by atoms with E-state index < -0.39 is 13.3 Å². The normalized spacial score (nSPS) is 11.9. The Morgan fingerprint density at radius 1 is 1.02 bits per heavy atom. The van der Waals surface area contributed by atoms with Crippen LogP contribution in [0, 0.1) is 13.1 Å². The quantitative estimate of drug-likeness (QED) is 0.0515. The van der Waals surface area contributed by atoms with Crippen LogP contribution < -0.4 is 8.96 Å². The van der Waals surface area contributed by atoms with Crippen molar-refractivity contribution in [1.82, 2.24) is 4.98 Å². The minimum atomic E-state index is -2.27. The summed E-state index contributed by atoms with van der Waals surface area (Å²) in [5.74, 6) is 7.28. The van der Waals surface area contributed by atoms with Crippen LogP contribution in [0.25, 0.3) is 55.0 Å². The van der Waals surface area contributed by atoms with Crippen LogP contribution in [-0.2, 0) is 24.9 Å². The number of hydrogen-bond acceptors (Lipinski definition) is 4. The predicted molar refractivity (Wildman–Crippen MR) is 162 cm³/mol. The second kappa shape index (κ2) is 11.6. The Kier molecular flexibility index (Phi) is 8.55. The molecule has 6 aromatic rings. The van der Waals surface area contributed by atoms with Crippen molar-refractivity contribution < 1.29 is 39.0 Å². The van der Waals surface area contributed by atoms with Crippen LogP contribution in [0.4, 0.5) is 0 Å². The topological polar surface area (TPSA) is 67.2 Å². The van der Waals surface area contributed by atoms with Crippen LogP contribution in [0.3, 0.4) is 0 Å². The molecule has 40 heavy (non-hydrogen) atoms. The molecule has 205 valence electrons. The van der Waals surface area contributed by atoms with Crippen molar-refractivity contribution in [2.45, 2.75) is 31.1 Å². The number of rotatable bonds is 3. The molecule has 0 amide bonds. The number of carbonyl (C=O) groups is 1. The summed E-state index contributed by atoms with van der Waals surface area (Å²) in [6.45, 7) is 2.85. The van der Waals surface area contributed by atoms with Gasteiger partial charge in [0.1, 0.15) is 0 Å². The van der Waals surface area contributed by atoms with Gasteiger partial charge < -0.3 is 5.11 Å². The Morgan fingerprint density at radius 3 is 2.42 bits per heavy atom. The fraction of sp³-hybridized carbons (Fsp3) is 0.152. The van der Waals surface area contributed by atoms with Crippen LogP contribution in [-0.4, -0.2) is 29.1 Å². The van der Waals surface area contributed by atoms with Gasteiger partial charge in [0.2, 0.25) is 0 Å². The molecule has 6 rings (SSSR count). The number of aliphatic hydroxyl groups excluding tert-OH is 1. The third-order valence-corrected chi connectivity index (χ3v) is 10.9. The van der Waals surface area contributed by atoms with Gasteiger partial charge in [-0.05, 0) is 13.8 Å². The Hall–Kier alpha value is -3.45. The molecule has 0 saturated carbocycles. The van der Waals surface area contributed by atoms with Gasteiger partial charge in [0.15, 0.2) is 5.78 Å². The molecule has 0 fully saturated rings. The molecule has 5 nitrogen and oxygen atoms in total. The summed E-state index contributed by atoms with van der Waals surface area (Å²) in [6.07, 6.45) is 2.93. The van der Waals surface area contributed by atoms with Gasteiger partial charge in [-0.15, -0.1) is 0 Å². The zero-order chi connectivity index (χ0) is 27.9. The van der Waals surface area contributed by atoms with Crippen LogP contribution >= 0.6 is 0 Å². The van der Waals surface area contributed by atoms with E-state index in [1.165, 1.54) is 40.5 Å². The van der Waals surface area contributed by atoms with Gasteiger partial charge in [0.25, 0.3) is 0 Å². The van der Waals surface area contributed by atoms with E-state index in [1.54, 1.807) is 6.20 Å². The minimum Gasteiger partial charge on any atom is 0 e. The van der Waals surface area contributed by atoms with Crippen molar-refractivity contribution in [2.24, 2.45) is 0 Å². The second-order valence-electron chi connectivity index (χ2n) is 10.8. The van der Waals surface area contributed by atoms with Gasteiger partial charge in [0.05, 0.1) is 5.76 Å². The molecule has 0 aliphatic heterocycles. The largest absolute Gasteiger partial charge is 0 e. The summed E-state index contributed by atoms with van der Waals surface area (Å²) in [4.78, 5) is 14.4. The summed E-state index contributed by atoms with van der Waals surface area (Å²) in [5, 5.41) is 14.3. The molecule has 1 radical (unpaired) electrons. The minimum absolute atomic E-state index is 0. The Morgan fingerprint density at radius 2 is 1.75 bits per heavy atom. The molecule has 0 spiro atoms. The predicted octanol–water partition coefficient (Wildman–Crippen LogP) is 7.26. The van der Waals surface area contributed by atoms with Crippen molar-refractivity contribution in [3.8, 4) is 11.3 Å². The molecule has 3 aromatic heterocycles. The van der Waals surface area contributed by atoms with Crippen LogP contribution in [0.15, 0.2) is 89.2 Å². The molecule has 7 heteroatoms. The number of allylic oxidation sites excluding steroid dienone is 2. The Balaban J connectivity index is 0.000000413. The van der Waals surface area contributed by atoms with Crippen molar-refractivity contribution in [3.05, 3.63) is 97.9 Å². The van der Waals surface area contributed by atoms with Gasteiger partial charge >= 0.3 is 190 Å². The standard InChI is InChI=1S/C28H23GeN2O.C5H8O2.Ir/c1-29(2,3)23-17-25(31(4)24-15-14-18-9-5-6-10-19(18)26(23)24)22-12-7-11-20-21-13-8-16-30-28(21)32-27(20)22;1-4(6)3-5(2)7;/h5-11,13-17H,4H2,1-3H3;3,6H,1-2H3;/q-1;;/b;4-3-;. The molecule has 0 aliphatic rings. The second-order valence-corrected chi connectivity index (χ2v) is 21.3. The van der Waals surface area contributed by atoms with E-state index in [4.69, 9.17) is 9.52 Å². The fourth-order valence-corrected chi connectivity index (χ4v) is 8.36. The third kappa shape index (κ3) is 5.57. The monoisotopic (exact) mass is 770 g/mol. The number of nitrogens with zero attached hydrogens (tertiary/aromatic N) is 2. The number of ketones is 1. The molecule has 1 N–H and O–H groups in total. The number of carbonyl (C=O) groups excluding carboxylic acids is 1. The number of benzene rings is 3. The first-order valence-corrected chi connectivity index (χ1v) is 20.2. The molecule has 0 saturated heterocycles. The maximum atomic E-state index is 10.0. The summed E-state index contributed by atoms with van der Waals surface area (Å²) < 4.78 is 9.74. The zero-order valence-electron chi connectivity index (χ0n) is 23.2. The van der Waals surface area contributed by atoms with E-state index in [1.807, 2.05) is 16.7 Å². The van der Waals surface area contributed by atoms with E-state index in [0.29, 0.717) is 5.71 Å². The molecule has 0 atom stereocenters. The maximum Gasteiger partial charge on any atom is 0 e. The summed E-state index contributed by atoms with van der Waals surface area (Å²) in [7, 11) is 4.48. The zero-order valence-corrected chi connectivity index (χ0v) is 27.7. The van der Waals surface area contributed by atoms with Crippen molar-refractivity contribution in [2.75, 3.05) is 0 Å². The van der Waals surface area contributed by atoms with Crippen LogP contribution in [0.1, 0.15) is 13.8 Å². The number of aliphatic hydroxyl groups is 1. The van der Waals surface area contributed by atoms with Crippen molar-refractivity contribution >= 4 is 67.2 Å². The van der Waals surface area contributed by atoms with Gasteiger partial charge in [-0.25, -0.2) is 0 Å². The van der Waals surface area contributed by atoms with Crippen LogP contribution in [0.5, 0.6) is 0 Å². The van der Waals surface area contributed by atoms with E-state index in [-0.39, 0.29) is 31.6 Å². The van der Waals surface area contributed by atoms with Gasteiger partial charge in [0, 0.05) is 26.2 Å². The van der Waals surface area contributed by atoms with E-state index in [0.717, 1.165) is 33.1 Å². The van der Waals surface area contributed by atoms with Gasteiger partial charge in [-0.1, -0.05) is 0 Å². The number of furan rings is 1. The Bertz CT molecular complexity index is 1920. The molecule has 0 unspecified atom stereocenters. The van der Waals surface area contributed by atoms with Crippen LogP contribution in [0.2, 0.25) is 17.3 Å². The van der Waals surface area contributed by atoms with Gasteiger partial charge in [-0.3, -0.25) is 4.79 Å². The number of fused-ring (bicyclic) bond motifs is 6. The molecular weight excluding hydrogens is 737 g/mol. The molecular formula is C33H31GeIrN2O3-. The summed E-state index contributed by atoms with van der Waals surface area (Å²) in [6, 6.07) is 26.8.